The number of aromatic nitrogens is 1. The van der Waals surface area contributed by atoms with Crippen molar-refractivity contribution in [3.05, 3.63) is 76.4 Å². The van der Waals surface area contributed by atoms with Gasteiger partial charge in [0.2, 0.25) is 5.88 Å². The van der Waals surface area contributed by atoms with Crippen molar-refractivity contribution in [2.75, 3.05) is 25.7 Å². The summed E-state index contributed by atoms with van der Waals surface area (Å²) in [6.07, 6.45) is -3.86. The second kappa shape index (κ2) is 10.1. The Kier molecular flexibility index (Phi) is 7.26. The van der Waals surface area contributed by atoms with Gasteiger partial charge >= 0.3 is 12.1 Å². The normalized spacial score (nSPS) is 15.7. The van der Waals surface area contributed by atoms with E-state index in [1.807, 2.05) is 0 Å². The number of benzene rings is 2. The van der Waals surface area contributed by atoms with Crippen molar-refractivity contribution in [1.29, 1.82) is 0 Å². The first-order chi connectivity index (χ1) is 17.9. The van der Waals surface area contributed by atoms with Crippen molar-refractivity contribution in [3.8, 4) is 17.4 Å². The lowest BCUT2D eigenvalue weighted by molar-refractivity contribution is -0.274. The van der Waals surface area contributed by atoms with Crippen LogP contribution in [0.2, 0.25) is 5.02 Å². The lowest BCUT2D eigenvalue weighted by Crippen LogP contribution is -2.47. The number of rotatable bonds is 6. The average Bonchev–Trinajstić information content (AvgIpc) is 2.89. The summed E-state index contributed by atoms with van der Waals surface area (Å²) in [5.74, 6) is -2.08. The molecule has 0 saturated heterocycles. The molecule has 0 saturated carbocycles. The number of pyridine rings is 1. The number of likely N-dealkylation sites (N-methyl/N-ethyl adjacent to an activating group) is 1. The first kappa shape index (κ1) is 27.2. The fraction of sp³-hybridized carbons (Fsp3) is 0.269. The fourth-order valence-corrected chi connectivity index (χ4v) is 4.45. The molecule has 0 bridgehead atoms. The first-order valence-electron chi connectivity index (χ1n) is 11.2. The van der Waals surface area contributed by atoms with Crippen LogP contribution >= 0.6 is 11.6 Å². The van der Waals surface area contributed by atoms with Gasteiger partial charge in [-0.1, -0.05) is 30.7 Å². The molecule has 0 fully saturated rings. The van der Waals surface area contributed by atoms with E-state index in [4.69, 9.17) is 21.1 Å². The van der Waals surface area contributed by atoms with Crippen molar-refractivity contribution >= 4 is 29.2 Å². The smallest absolute Gasteiger partial charge is 0.422 e. The van der Waals surface area contributed by atoms with Crippen LogP contribution in [0.25, 0.3) is 0 Å². The van der Waals surface area contributed by atoms with E-state index < -0.39 is 35.1 Å². The number of hydrogen-bond acceptors (Lipinski definition) is 7. The van der Waals surface area contributed by atoms with Gasteiger partial charge in [-0.2, -0.15) is 13.2 Å². The van der Waals surface area contributed by atoms with E-state index in [0.717, 1.165) is 12.1 Å². The fourth-order valence-electron chi connectivity index (χ4n) is 4.12. The maximum Gasteiger partial charge on any atom is 0.422 e. The van der Waals surface area contributed by atoms with Gasteiger partial charge < -0.3 is 24.2 Å². The van der Waals surface area contributed by atoms with Crippen LogP contribution in [0, 0.1) is 0 Å². The summed E-state index contributed by atoms with van der Waals surface area (Å²) >= 11 is 6.36. The molecule has 3 aromatic rings. The second-order valence-electron chi connectivity index (χ2n) is 8.57. The van der Waals surface area contributed by atoms with Gasteiger partial charge in [-0.25, -0.2) is 9.78 Å². The number of carbonyl (C=O) groups excluding carboxylic acids is 2. The molecule has 1 aliphatic heterocycles. The van der Waals surface area contributed by atoms with Crippen LogP contribution in [0.4, 0.5) is 18.9 Å². The lowest BCUT2D eigenvalue weighted by Gasteiger charge is -2.38. The standard InChI is InChI=1S/C26H22ClF3N2O6/c1-14(18-7-6-17(11-19(18)27)38-22-9-4-15(12-31-22)24(34)36-3)25(35,26(28,29)30)16-5-8-21-20(10-16)32(2)23(33)13-37-21/h4-12,14,35H,13H2,1-3H3/t14-,25-/m1/s1. The van der Waals surface area contributed by atoms with E-state index in [2.05, 4.69) is 9.72 Å². The summed E-state index contributed by atoms with van der Waals surface area (Å²) in [5.41, 5.74) is -3.52. The molecule has 0 radical (unpaired) electrons. The average molecular weight is 551 g/mol. The molecule has 1 aliphatic rings. The number of carbonyl (C=O) groups is 2. The minimum absolute atomic E-state index is 0.00578. The van der Waals surface area contributed by atoms with E-state index in [1.54, 1.807) is 0 Å². The minimum atomic E-state index is -5.11. The summed E-state index contributed by atoms with van der Waals surface area (Å²) in [4.78, 5) is 28.7. The number of halogens is 4. The van der Waals surface area contributed by atoms with Crippen molar-refractivity contribution < 1.29 is 42.1 Å². The molecule has 0 unspecified atom stereocenters. The Balaban J connectivity index is 1.66. The van der Waals surface area contributed by atoms with Crippen LogP contribution in [0.15, 0.2) is 54.7 Å². The van der Waals surface area contributed by atoms with Gasteiger partial charge in [-0.3, -0.25) is 4.79 Å². The molecule has 4 rings (SSSR count). The van der Waals surface area contributed by atoms with Crippen LogP contribution in [0.3, 0.4) is 0 Å². The van der Waals surface area contributed by atoms with Gasteiger partial charge in [-0.05, 0) is 41.5 Å². The van der Waals surface area contributed by atoms with Gasteiger partial charge in [-0.15, -0.1) is 0 Å². The number of nitrogens with zero attached hydrogens (tertiary/aromatic N) is 2. The summed E-state index contributed by atoms with van der Waals surface area (Å²) in [7, 11) is 2.65. The quantitative estimate of drug-likeness (QED) is 0.420. The topological polar surface area (TPSA) is 98.2 Å². The summed E-state index contributed by atoms with van der Waals surface area (Å²) < 4.78 is 58.9. The number of ether oxygens (including phenoxy) is 3. The molecule has 200 valence electrons. The highest BCUT2D eigenvalue weighted by Crippen LogP contribution is 2.51. The van der Waals surface area contributed by atoms with Gasteiger partial charge in [0.1, 0.15) is 11.5 Å². The van der Waals surface area contributed by atoms with Crippen LogP contribution in [-0.2, 0) is 15.1 Å². The summed E-state index contributed by atoms with van der Waals surface area (Å²) in [6.45, 7) is 0.963. The zero-order valence-electron chi connectivity index (χ0n) is 20.4. The summed E-state index contributed by atoms with van der Waals surface area (Å²) in [6, 6.07) is 10.3. The monoisotopic (exact) mass is 550 g/mol. The molecular formula is C26H22ClF3N2O6. The maximum absolute atomic E-state index is 14.5. The zero-order chi connectivity index (χ0) is 27.8. The number of hydrogen-bond donors (Lipinski definition) is 1. The maximum atomic E-state index is 14.5. The Morgan fingerprint density at radius 3 is 2.53 bits per heavy atom. The third kappa shape index (κ3) is 4.86. The number of amides is 1. The Labute approximate surface area is 220 Å². The molecule has 2 atom stereocenters. The molecule has 2 aromatic carbocycles. The minimum Gasteiger partial charge on any atom is -0.482 e. The molecule has 2 heterocycles. The second-order valence-corrected chi connectivity index (χ2v) is 8.98. The molecule has 38 heavy (non-hydrogen) atoms. The van der Waals surface area contributed by atoms with E-state index in [0.29, 0.717) is 0 Å². The van der Waals surface area contributed by atoms with Crippen LogP contribution in [-0.4, -0.2) is 48.9 Å². The molecule has 0 spiro atoms. The number of aliphatic hydroxyl groups is 1. The van der Waals surface area contributed by atoms with E-state index >= 15 is 0 Å². The predicted octanol–water partition coefficient (Wildman–Crippen LogP) is 5.22. The van der Waals surface area contributed by atoms with Crippen LogP contribution in [0.1, 0.15) is 34.3 Å². The largest absolute Gasteiger partial charge is 0.482 e. The first-order valence-corrected chi connectivity index (χ1v) is 11.6. The number of methoxy groups -OCH3 is 1. The predicted molar refractivity (Wildman–Crippen MR) is 131 cm³/mol. The van der Waals surface area contributed by atoms with Crippen molar-refractivity contribution in [2.45, 2.75) is 24.6 Å². The number of esters is 1. The number of fused-ring (bicyclic) bond motifs is 1. The van der Waals surface area contributed by atoms with Crippen LogP contribution in [0.5, 0.6) is 17.4 Å². The molecule has 1 amide bonds. The molecule has 1 N–H and O–H groups in total. The Hall–Kier alpha value is -3.83. The van der Waals surface area contributed by atoms with Crippen LogP contribution < -0.4 is 14.4 Å². The number of alkyl halides is 3. The third-order valence-electron chi connectivity index (χ3n) is 6.36. The molecule has 1 aromatic heterocycles. The third-order valence-corrected chi connectivity index (χ3v) is 6.69. The van der Waals surface area contributed by atoms with Crippen molar-refractivity contribution in [3.63, 3.8) is 0 Å². The zero-order valence-corrected chi connectivity index (χ0v) is 21.1. The summed E-state index contributed by atoms with van der Waals surface area (Å²) in [5, 5.41) is 11.1. The van der Waals surface area contributed by atoms with E-state index in [-0.39, 0.29) is 45.8 Å². The Morgan fingerprint density at radius 2 is 1.92 bits per heavy atom. The lowest BCUT2D eigenvalue weighted by atomic mass is 9.77. The Morgan fingerprint density at radius 1 is 1.18 bits per heavy atom. The van der Waals surface area contributed by atoms with Gasteiger partial charge in [0, 0.05) is 30.3 Å². The highest BCUT2D eigenvalue weighted by Gasteiger charge is 2.59. The Bertz CT molecular complexity index is 1380. The van der Waals surface area contributed by atoms with E-state index in [9.17, 15) is 27.9 Å². The van der Waals surface area contributed by atoms with Gasteiger partial charge in [0.05, 0.1) is 18.4 Å². The molecule has 0 aliphatic carbocycles. The molecule has 8 nitrogen and oxygen atoms in total. The SMILES string of the molecule is COC(=O)c1ccc(Oc2ccc([C@@H](C)[C@@](O)(c3ccc4c(c3)N(C)C(=O)CO4)C(F)(F)F)c(Cl)c2)nc1. The molecular weight excluding hydrogens is 529 g/mol. The van der Waals surface area contributed by atoms with Gasteiger partial charge in [0.15, 0.2) is 12.2 Å². The van der Waals surface area contributed by atoms with E-state index in [1.165, 1.54) is 68.6 Å². The van der Waals surface area contributed by atoms with Crippen molar-refractivity contribution in [1.82, 2.24) is 4.98 Å². The molecule has 12 heteroatoms. The highest BCUT2D eigenvalue weighted by molar-refractivity contribution is 6.31. The highest BCUT2D eigenvalue weighted by atomic mass is 35.5. The van der Waals surface area contributed by atoms with Gasteiger partial charge in [0.25, 0.3) is 5.91 Å². The van der Waals surface area contributed by atoms with Crippen molar-refractivity contribution in [2.24, 2.45) is 0 Å². The number of anilines is 1.